The summed E-state index contributed by atoms with van der Waals surface area (Å²) in [5, 5.41) is 2.63. The van der Waals surface area contributed by atoms with Gasteiger partial charge in [0.2, 0.25) is 0 Å². The molecule has 1 aromatic heterocycles. The highest BCUT2D eigenvalue weighted by Gasteiger charge is 2.11. The Morgan fingerprint density at radius 1 is 1.32 bits per heavy atom. The molecule has 3 N–H and O–H groups in total. The molecule has 2 rings (SSSR count). The third-order valence-electron chi connectivity index (χ3n) is 2.83. The maximum absolute atomic E-state index is 11.7. The van der Waals surface area contributed by atoms with Crippen LogP contribution >= 0.6 is 0 Å². The molecule has 0 bridgehead atoms. The van der Waals surface area contributed by atoms with E-state index < -0.39 is 5.97 Å². The summed E-state index contributed by atoms with van der Waals surface area (Å²) in [6.07, 6.45) is 1.52. The molecule has 7 nitrogen and oxygen atoms in total. The first-order valence-corrected chi connectivity index (χ1v) is 6.50. The summed E-state index contributed by atoms with van der Waals surface area (Å²) < 4.78 is 15.0. The van der Waals surface area contributed by atoms with E-state index in [4.69, 9.17) is 14.9 Å². The topological polar surface area (TPSA) is 104 Å². The van der Waals surface area contributed by atoms with E-state index >= 15 is 0 Å². The summed E-state index contributed by atoms with van der Waals surface area (Å²) in [4.78, 5) is 23.1. The quantitative estimate of drug-likeness (QED) is 0.616. The van der Waals surface area contributed by atoms with Gasteiger partial charge in [-0.15, -0.1) is 0 Å². The molecule has 2 aromatic rings. The van der Waals surface area contributed by atoms with E-state index in [0.717, 1.165) is 0 Å². The van der Waals surface area contributed by atoms with Crippen LogP contribution in [0.1, 0.15) is 16.1 Å². The number of ether oxygens (including phenoxy) is 2. The molecule has 0 atom stereocenters. The lowest BCUT2D eigenvalue weighted by atomic mass is 10.2. The van der Waals surface area contributed by atoms with Gasteiger partial charge in [0.15, 0.2) is 6.61 Å². The number of benzene rings is 1. The first-order chi connectivity index (χ1) is 10.6. The second kappa shape index (κ2) is 7.16. The summed E-state index contributed by atoms with van der Waals surface area (Å²) in [6.45, 7) is 0.0441. The molecule has 0 aliphatic carbocycles. The summed E-state index contributed by atoms with van der Waals surface area (Å²) in [5.74, 6) is 0.0444. The van der Waals surface area contributed by atoms with Crippen LogP contribution in [0.4, 0.5) is 5.69 Å². The van der Waals surface area contributed by atoms with E-state index in [1.807, 2.05) is 0 Å². The van der Waals surface area contributed by atoms with Gasteiger partial charge in [0.05, 0.1) is 31.2 Å². The van der Waals surface area contributed by atoms with Crippen molar-refractivity contribution < 1.29 is 23.5 Å². The van der Waals surface area contributed by atoms with Gasteiger partial charge >= 0.3 is 5.97 Å². The Labute approximate surface area is 127 Å². The molecule has 7 heteroatoms. The number of methoxy groups -OCH3 is 1. The van der Waals surface area contributed by atoms with Gasteiger partial charge in [0.1, 0.15) is 11.5 Å². The van der Waals surface area contributed by atoms with Crippen LogP contribution in [-0.2, 0) is 16.1 Å². The fourth-order valence-corrected chi connectivity index (χ4v) is 1.70. The number of hydrogen-bond donors (Lipinski definition) is 2. The summed E-state index contributed by atoms with van der Waals surface area (Å²) >= 11 is 0. The molecular weight excluding hydrogens is 288 g/mol. The van der Waals surface area contributed by atoms with Crippen molar-refractivity contribution in [3.63, 3.8) is 0 Å². The zero-order valence-corrected chi connectivity index (χ0v) is 12.0. The Morgan fingerprint density at radius 2 is 2.14 bits per heavy atom. The molecule has 22 heavy (non-hydrogen) atoms. The van der Waals surface area contributed by atoms with Gasteiger partial charge < -0.3 is 24.9 Å². The maximum atomic E-state index is 11.7. The van der Waals surface area contributed by atoms with Crippen LogP contribution in [0.5, 0.6) is 5.75 Å². The highest BCUT2D eigenvalue weighted by atomic mass is 16.5. The second-order valence-corrected chi connectivity index (χ2v) is 4.39. The Balaban J connectivity index is 1.90. The Hall–Kier alpha value is -2.96. The highest BCUT2D eigenvalue weighted by Crippen LogP contribution is 2.23. The average molecular weight is 304 g/mol. The SMILES string of the molecule is COC(=O)c1ccc(N)c(OCC(=O)NCc2ccco2)c1. The van der Waals surface area contributed by atoms with Crippen molar-refractivity contribution in [2.75, 3.05) is 19.5 Å². The van der Waals surface area contributed by atoms with Crippen LogP contribution in [0, 0.1) is 0 Å². The van der Waals surface area contributed by atoms with Crippen LogP contribution in [0.2, 0.25) is 0 Å². The van der Waals surface area contributed by atoms with Crippen molar-refractivity contribution in [1.29, 1.82) is 0 Å². The molecule has 0 saturated heterocycles. The van der Waals surface area contributed by atoms with E-state index in [0.29, 0.717) is 17.0 Å². The second-order valence-electron chi connectivity index (χ2n) is 4.39. The number of carbonyl (C=O) groups is 2. The van der Waals surface area contributed by atoms with Crippen molar-refractivity contribution in [3.05, 3.63) is 47.9 Å². The van der Waals surface area contributed by atoms with Crippen LogP contribution in [0.3, 0.4) is 0 Å². The van der Waals surface area contributed by atoms with E-state index in [2.05, 4.69) is 10.1 Å². The smallest absolute Gasteiger partial charge is 0.337 e. The minimum absolute atomic E-state index is 0.227. The van der Waals surface area contributed by atoms with Crippen LogP contribution in [0.25, 0.3) is 0 Å². The first kappa shape index (κ1) is 15.4. The minimum atomic E-state index is -0.507. The van der Waals surface area contributed by atoms with Crippen LogP contribution in [-0.4, -0.2) is 25.6 Å². The summed E-state index contributed by atoms with van der Waals surface area (Å²) in [5.41, 5.74) is 6.36. The molecule has 0 unspecified atom stereocenters. The highest BCUT2D eigenvalue weighted by molar-refractivity contribution is 5.90. The molecule has 1 heterocycles. The molecule has 0 radical (unpaired) electrons. The molecular formula is C15H16N2O5. The van der Waals surface area contributed by atoms with E-state index in [1.165, 1.54) is 31.6 Å². The molecule has 0 aliphatic rings. The number of hydrogen-bond acceptors (Lipinski definition) is 6. The molecule has 1 aromatic carbocycles. The van der Waals surface area contributed by atoms with Gasteiger partial charge in [0, 0.05) is 0 Å². The lowest BCUT2D eigenvalue weighted by molar-refractivity contribution is -0.123. The van der Waals surface area contributed by atoms with Crippen molar-refractivity contribution in [2.45, 2.75) is 6.54 Å². The van der Waals surface area contributed by atoms with Crippen molar-refractivity contribution >= 4 is 17.6 Å². The van der Waals surface area contributed by atoms with Crippen molar-refractivity contribution in [1.82, 2.24) is 5.32 Å². The average Bonchev–Trinajstić information content (AvgIpc) is 3.04. The van der Waals surface area contributed by atoms with E-state index in [9.17, 15) is 9.59 Å². The van der Waals surface area contributed by atoms with Gasteiger partial charge in [0.25, 0.3) is 5.91 Å². The lowest BCUT2D eigenvalue weighted by Gasteiger charge is -2.10. The standard InChI is InChI=1S/C15H16N2O5/c1-20-15(19)10-4-5-12(16)13(7-10)22-9-14(18)17-8-11-3-2-6-21-11/h2-7H,8-9,16H2,1H3,(H,17,18). The fraction of sp³-hybridized carbons (Fsp3) is 0.200. The molecule has 0 saturated carbocycles. The first-order valence-electron chi connectivity index (χ1n) is 6.50. The Morgan fingerprint density at radius 3 is 2.82 bits per heavy atom. The Kier molecular flexibility index (Phi) is 5.02. The predicted octanol–water partition coefficient (Wildman–Crippen LogP) is 1.34. The van der Waals surface area contributed by atoms with Gasteiger partial charge in [-0.2, -0.15) is 0 Å². The van der Waals surface area contributed by atoms with Gasteiger partial charge in [-0.05, 0) is 30.3 Å². The lowest BCUT2D eigenvalue weighted by Crippen LogP contribution is -2.28. The summed E-state index contributed by atoms with van der Waals surface area (Å²) in [6, 6.07) is 7.95. The van der Waals surface area contributed by atoms with Gasteiger partial charge in [-0.1, -0.05) is 0 Å². The molecule has 0 spiro atoms. The maximum Gasteiger partial charge on any atom is 0.337 e. The monoisotopic (exact) mass is 304 g/mol. The predicted molar refractivity (Wildman–Crippen MR) is 78.2 cm³/mol. The van der Waals surface area contributed by atoms with Crippen LogP contribution < -0.4 is 15.8 Å². The minimum Gasteiger partial charge on any atom is -0.482 e. The van der Waals surface area contributed by atoms with Crippen molar-refractivity contribution in [3.8, 4) is 5.75 Å². The number of nitrogen functional groups attached to an aromatic ring is 1. The third kappa shape index (κ3) is 4.02. The summed E-state index contributed by atoms with van der Waals surface area (Å²) in [7, 11) is 1.28. The number of rotatable bonds is 6. The molecule has 116 valence electrons. The van der Waals surface area contributed by atoms with Crippen LogP contribution in [0.15, 0.2) is 41.0 Å². The number of nitrogens with two attached hydrogens (primary N) is 1. The molecule has 1 amide bonds. The van der Waals surface area contributed by atoms with E-state index in [1.54, 1.807) is 12.1 Å². The van der Waals surface area contributed by atoms with Gasteiger partial charge in [-0.25, -0.2) is 4.79 Å². The van der Waals surface area contributed by atoms with E-state index in [-0.39, 0.29) is 24.8 Å². The molecule has 0 aliphatic heterocycles. The Bertz CT molecular complexity index is 652. The third-order valence-corrected chi connectivity index (χ3v) is 2.83. The normalized spacial score (nSPS) is 10.0. The number of esters is 1. The number of anilines is 1. The molecule has 0 fully saturated rings. The fourth-order valence-electron chi connectivity index (χ4n) is 1.70. The number of nitrogens with one attached hydrogen (secondary N) is 1. The van der Waals surface area contributed by atoms with Crippen molar-refractivity contribution in [2.24, 2.45) is 0 Å². The zero-order valence-electron chi connectivity index (χ0n) is 12.0. The largest absolute Gasteiger partial charge is 0.482 e. The number of amides is 1. The van der Waals surface area contributed by atoms with Gasteiger partial charge in [-0.3, -0.25) is 4.79 Å². The number of carbonyl (C=O) groups excluding carboxylic acids is 2. The number of furan rings is 1. The zero-order chi connectivity index (χ0) is 15.9.